The molecular weight excluding hydrogens is 335 g/mol. The fourth-order valence-electron chi connectivity index (χ4n) is 2.39. The lowest BCUT2D eigenvalue weighted by Crippen LogP contribution is -2.40. The summed E-state index contributed by atoms with van der Waals surface area (Å²) < 4.78 is 27.3. The minimum absolute atomic E-state index is 0.225. The largest absolute Gasteiger partial charge is 0.470 e. The van der Waals surface area contributed by atoms with E-state index in [1.54, 1.807) is 0 Å². The summed E-state index contributed by atoms with van der Waals surface area (Å²) in [6, 6.07) is 0. The second-order valence-electron chi connectivity index (χ2n) is 4.99. The number of aryl methyl sites for hydroxylation is 1. The Bertz CT molecular complexity index is 723. The van der Waals surface area contributed by atoms with Crippen LogP contribution in [-0.2, 0) is 18.6 Å². The van der Waals surface area contributed by atoms with Crippen molar-refractivity contribution in [3.63, 3.8) is 0 Å². The highest BCUT2D eigenvalue weighted by Gasteiger charge is 2.49. The van der Waals surface area contributed by atoms with Crippen molar-refractivity contribution in [3.8, 4) is 0 Å². The normalized spacial score (nSPS) is 28.2. The van der Waals surface area contributed by atoms with Crippen LogP contribution in [0.15, 0.2) is 15.8 Å². The van der Waals surface area contributed by atoms with Gasteiger partial charge in [-0.2, -0.15) is 0 Å². The van der Waals surface area contributed by atoms with E-state index >= 15 is 0 Å². The van der Waals surface area contributed by atoms with E-state index in [1.165, 1.54) is 20.2 Å². The predicted molar refractivity (Wildman–Crippen MR) is 74.8 cm³/mol. The maximum atomic E-state index is 11.9. The number of nitrogens with one attached hydrogen (secondary N) is 1. The lowest BCUT2D eigenvalue weighted by molar-refractivity contribution is -0.0626. The van der Waals surface area contributed by atoms with Crippen molar-refractivity contribution in [3.05, 3.63) is 32.6 Å². The summed E-state index contributed by atoms with van der Waals surface area (Å²) in [5.74, 6) is 0. The lowest BCUT2D eigenvalue weighted by Gasteiger charge is -2.23. The third-order valence-corrected chi connectivity index (χ3v) is 3.93. The van der Waals surface area contributed by atoms with Crippen molar-refractivity contribution in [1.82, 2.24) is 9.55 Å². The molecule has 0 bridgehead atoms. The van der Waals surface area contributed by atoms with Crippen molar-refractivity contribution in [1.29, 1.82) is 0 Å². The summed E-state index contributed by atoms with van der Waals surface area (Å²) in [4.78, 5) is 43.4. The SMILES string of the molecule is COC1[C@H](n2cc(C)c(=O)[nH]c2=O)O[C@H](CO)[C@H]1OP(=O)(O)O. The molecule has 1 fully saturated rings. The number of ether oxygens (including phenoxy) is 2. The Morgan fingerprint density at radius 2 is 2.04 bits per heavy atom. The zero-order valence-electron chi connectivity index (χ0n) is 12.3. The number of phosphoric ester groups is 1. The number of rotatable bonds is 5. The maximum Gasteiger partial charge on any atom is 0.470 e. The molecule has 1 saturated heterocycles. The molecule has 4 atom stereocenters. The summed E-state index contributed by atoms with van der Waals surface area (Å²) in [6.45, 7) is 0.858. The summed E-state index contributed by atoms with van der Waals surface area (Å²) in [5.41, 5.74) is -1.14. The quantitative estimate of drug-likeness (QED) is 0.449. The summed E-state index contributed by atoms with van der Waals surface area (Å²) in [6.07, 6.45) is -3.45. The van der Waals surface area contributed by atoms with Crippen molar-refractivity contribution >= 4 is 7.82 Å². The number of nitrogens with zero attached hydrogens (tertiary/aromatic N) is 1. The Morgan fingerprint density at radius 3 is 2.57 bits per heavy atom. The minimum Gasteiger partial charge on any atom is -0.394 e. The summed E-state index contributed by atoms with van der Waals surface area (Å²) >= 11 is 0. The van der Waals surface area contributed by atoms with Crippen LogP contribution in [0.5, 0.6) is 0 Å². The van der Waals surface area contributed by atoms with Gasteiger partial charge in [-0.05, 0) is 6.92 Å². The Kier molecular flexibility index (Phi) is 5.21. The highest BCUT2D eigenvalue weighted by Crippen LogP contribution is 2.44. The van der Waals surface area contributed by atoms with Crippen LogP contribution in [0.4, 0.5) is 0 Å². The van der Waals surface area contributed by atoms with Gasteiger partial charge in [0.25, 0.3) is 5.56 Å². The van der Waals surface area contributed by atoms with E-state index < -0.39 is 50.2 Å². The van der Waals surface area contributed by atoms with Crippen LogP contribution in [0.25, 0.3) is 0 Å². The molecule has 1 aromatic heterocycles. The number of hydrogen-bond donors (Lipinski definition) is 4. The molecule has 1 unspecified atom stereocenters. The van der Waals surface area contributed by atoms with Gasteiger partial charge >= 0.3 is 13.5 Å². The molecule has 0 aromatic carbocycles. The standard InChI is InChI=1S/C11H17N2O9P/c1-5-3-13(11(16)12-9(5)15)10-8(20-2)7(6(4-14)21-10)22-23(17,18)19/h3,6-8,10,14H,4H2,1-2H3,(H,12,15,16)(H2,17,18,19)/t6-,7-,8?,10-/m1/s1. The summed E-state index contributed by atoms with van der Waals surface area (Å²) in [7, 11) is -3.64. The van der Waals surface area contributed by atoms with Gasteiger partial charge in [0.2, 0.25) is 0 Å². The van der Waals surface area contributed by atoms with Gasteiger partial charge in [-0.1, -0.05) is 0 Å². The number of hydrogen-bond acceptors (Lipinski definition) is 7. The first kappa shape index (κ1) is 18.0. The van der Waals surface area contributed by atoms with Gasteiger partial charge in [0.1, 0.15) is 18.3 Å². The van der Waals surface area contributed by atoms with Crippen LogP contribution >= 0.6 is 7.82 Å². The molecule has 1 aliphatic heterocycles. The third-order valence-electron chi connectivity index (χ3n) is 3.42. The van der Waals surface area contributed by atoms with Crippen LogP contribution in [-0.4, -0.2) is 56.5 Å². The smallest absolute Gasteiger partial charge is 0.394 e. The molecule has 2 rings (SSSR count). The Balaban J connectivity index is 2.44. The van der Waals surface area contributed by atoms with Gasteiger partial charge in [-0.15, -0.1) is 0 Å². The number of aromatic nitrogens is 2. The van der Waals surface area contributed by atoms with E-state index in [1.807, 2.05) is 0 Å². The van der Waals surface area contributed by atoms with Crippen molar-refractivity contribution in [2.75, 3.05) is 13.7 Å². The molecule has 0 amide bonds. The molecule has 0 aliphatic carbocycles. The molecule has 12 heteroatoms. The van der Waals surface area contributed by atoms with Gasteiger partial charge in [0.15, 0.2) is 6.23 Å². The summed E-state index contributed by atoms with van der Waals surface area (Å²) in [5, 5.41) is 9.32. The van der Waals surface area contributed by atoms with Crippen molar-refractivity contribution in [2.24, 2.45) is 0 Å². The molecule has 0 radical (unpaired) electrons. The lowest BCUT2D eigenvalue weighted by atomic mass is 10.1. The highest BCUT2D eigenvalue weighted by atomic mass is 31.2. The topological polar surface area (TPSA) is 160 Å². The second kappa shape index (κ2) is 6.65. The first-order valence-electron chi connectivity index (χ1n) is 6.53. The fraction of sp³-hybridized carbons (Fsp3) is 0.636. The van der Waals surface area contributed by atoms with Crippen molar-refractivity contribution in [2.45, 2.75) is 31.5 Å². The molecule has 0 spiro atoms. The van der Waals surface area contributed by atoms with Gasteiger partial charge < -0.3 is 24.4 Å². The number of aliphatic hydroxyl groups excluding tert-OH is 1. The van der Waals surface area contributed by atoms with Crippen LogP contribution in [0.3, 0.4) is 0 Å². The number of aliphatic hydroxyl groups is 1. The van der Waals surface area contributed by atoms with Gasteiger partial charge in [-0.3, -0.25) is 18.9 Å². The molecule has 11 nitrogen and oxygen atoms in total. The van der Waals surface area contributed by atoms with Gasteiger partial charge in [-0.25, -0.2) is 9.36 Å². The highest BCUT2D eigenvalue weighted by molar-refractivity contribution is 7.46. The molecule has 2 heterocycles. The first-order valence-corrected chi connectivity index (χ1v) is 8.06. The molecule has 130 valence electrons. The zero-order chi connectivity index (χ0) is 17.4. The van der Waals surface area contributed by atoms with Crippen LogP contribution in [0, 0.1) is 6.92 Å². The molecular formula is C11H17N2O9P. The average Bonchev–Trinajstić information content (AvgIpc) is 2.78. The molecule has 4 N–H and O–H groups in total. The van der Waals surface area contributed by atoms with E-state index in [4.69, 9.17) is 19.3 Å². The van der Waals surface area contributed by atoms with E-state index in [0.717, 1.165) is 4.57 Å². The van der Waals surface area contributed by atoms with E-state index in [2.05, 4.69) is 9.51 Å². The Labute approximate surface area is 129 Å². The monoisotopic (exact) mass is 352 g/mol. The molecule has 1 aliphatic rings. The second-order valence-corrected chi connectivity index (χ2v) is 6.18. The van der Waals surface area contributed by atoms with E-state index in [-0.39, 0.29) is 5.56 Å². The van der Waals surface area contributed by atoms with Gasteiger partial charge in [0, 0.05) is 18.9 Å². The Morgan fingerprint density at radius 1 is 1.39 bits per heavy atom. The van der Waals surface area contributed by atoms with Crippen LogP contribution in [0.1, 0.15) is 11.8 Å². The zero-order valence-corrected chi connectivity index (χ0v) is 13.2. The molecule has 23 heavy (non-hydrogen) atoms. The molecule has 0 saturated carbocycles. The number of phosphoric acid groups is 1. The van der Waals surface area contributed by atoms with Crippen LogP contribution < -0.4 is 11.2 Å². The maximum absolute atomic E-state index is 11.9. The number of methoxy groups -OCH3 is 1. The number of aromatic amines is 1. The van der Waals surface area contributed by atoms with Crippen LogP contribution in [0.2, 0.25) is 0 Å². The fourth-order valence-corrected chi connectivity index (χ4v) is 2.96. The molecule has 1 aromatic rings. The average molecular weight is 352 g/mol. The third kappa shape index (κ3) is 3.78. The minimum atomic E-state index is -4.88. The van der Waals surface area contributed by atoms with E-state index in [0.29, 0.717) is 0 Å². The van der Waals surface area contributed by atoms with E-state index in [9.17, 15) is 19.3 Å². The predicted octanol–water partition coefficient (Wildman–Crippen LogP) is -1.77. The number of H-pyrrole nitrogens is 1. The Hall–Kier alpha value is -1.33. The van der Waals surface area contributed by atoms with Gasteiger partial charge in [0.05, 0.1) is 6.61 Å². The van der Waals surface area contributed by atoms with Crippen molar-refractivity contribution < 1.29 is 33.5 Å². The first-order chi connectivity index (χ1) is 10.7.